The van der Waals surface area contributed by atoms with Gasteiger partial charge in [0.15, 0.2) is 0 Å². The van der Waals surface area contributed by atoms with Crippen molar-refractivity contribution in [2.45, 2.75) is 64.3 Å². The molecule has 3 nitrogen and oxygen atoms in total. The molecule has 1 aliphatic carbocycles. The maximum atomic E-state index is 12.6. The molecule has 0 bridgehead atoms. The first kappa shape index (κ1) is 13.9. The van der Waals surface area contributed by atoms with E-state index in [1.807, 2.05) is 0 Å². The van der Waals surface area contributed by atoms with Crippen molar-refractivity contribution in [3.63, 3.8) is 0 Å². The monoisotopic (exact) mass is 252 g/mol. The summed E-state index contributed by atoms with van der Waals surface area (Å²) >= 11 is 0. The molecule has 1 heterocycles. The van der Waals surface area contributed by atoms with E-state index in [4.69, 9.17) is 5.73 Å². The number of hydrogen-bond donors (Lipinski definition) is 1. The third-order valence-corrected chi connectivity index (χ3v) is 4.80. The topological polar surface area (TPSA) is 46.3 Å². The average Bonchev–Trinajstić information content (AvgIpc) is 2.43. The minimum absolute atomic E-state index is 0.0654. The molecule has 1 saturated heterocycles. The molecule has 3 atom stereocenters. The number of fused-ring (bicyclic) bond motifs is 1. The number of carbonyl (C=O) groups excluding carboxylic acids is 1. The summed E-state index contributed by atoms with van der Waals surface area (Å²) in [6.07, 6.45) is 9.73. The zero-order valence-electron chi connectivity index (χ0n) is 11.7. The fourth-order valence-corrected chi connectivity index (χ4v) is 3.82. The number of nitrogens with two attached hydrogens (primary N) is 1. The molecule has 2 rings (SSSR count). The van der Waals surface area contributed by atoms with Crippen molar-refractivity contribution in [3.05, 3.63) is 0 Å². The summed E-state index contributed by atoms with van der Waals surface area (Å²) in [4.78, 5) is 14.8. The van der Waals surface area contributed by atoms with Gasteiger partial charge in [0.2, 0.25) is 5.91 Å². The number of rotatable bonds is 4. The van der Waals surface area contributed by atoms with Gasteiger partial charge in [-0.2, -0.15) is 0 Å². The van der Waals surface area contributed by atoms with Gasteiger partial charge < -0.3 is 10.6 Å². The molecule has 2 aliphatic rings. The quantitative estimate of drug-likeness (QED) is 0.835. The minimum atomic E-state index is 0.0654. The molecule has 1 aliphatic heterocycles. The van der Waals surface area contributed by atoms with Crippen LogP contribution >= 0.6 is 0 Å². The third kappa shape index (κ3) is 2.87. The first-order chi connectivity index (χ1) is 8.77. The van der Waals surface area contributed by atoms with Gasteiger partial charge in [-0.15, -0.1) is 0 Å². The van der Waals surface area contributed by atoms with E-state index in [2.05, 4.69) is 11.8 Å². The van der Waals surface area contributed by atoms with Crippen LogP contribution in [-0.2, 0) is 4.79 Å². The zero-order valence-corrected chi connectivity index (χ0v) is 11.7. The van der Waals surface area contributed by atoms with E-state index in [0.29, 0.717) is 18.5 Å². The molecule has 0 radical (unpaired) electrons. The van der Waals surface area contributed by atoms with Crippen LogP contribution in [0.15, 0.2) is 0 Å². The van der Waals surface area contributed by atoms with E-state index in [1.165, 1.54) is 38.5 Å². The zero-order chi connectivity index (χ0) is 13.0. The summed E-state index contributed by atoms with van der Waals surface area (Å²) in [6.45, 7) is 3.62. The van der Waals surface area contributed by atoms with Crippen molar-refractivity contribution in [3.8, 4) is 0 Å². The Morgan fingerprint density at radius 1 is 1.28 bits per heavy atom. The molecule has 2 N–H and O–H groups in total. The summed E-state index contributed by atoms with van der Waals surface area (Å²) in [7, 11) is 0. The highest BCUT2D eigenvalue weighted by molar-refractivity contribution is 5.79. The van der Waals surface area contributed by atoms with E-state index in [1.54, 1.807) is 0 Å². The standard InChI is InChI=1S/C15H28N2O/c1-2-6-13(11-16)15(18)17-10-5-8-12-7-3-4-9-14(12)17/h12-14H,2-11,16H2,1H3. The first-order valence-electron chi connectivity index (χ1n) is 7.78. The summed E-state index contributed by atoms with van der Waals surface area (Å²) in [6, 6.07) is 0.533. The lowest BCUT2D eigenvalue weighted by atomic mass is 9.78. The number of hydrogen-bond acceptors (Lipinski definition) is 2. The smallest absolute Gasteiger partial charge is 0.227 e. The fraction of sp³-hybridized carbons (Fsp3) is 0.933. The molecule has 3 unspecified atom stereocenters. The predicted molar refractivity (Wildman–Crippen MR) is 74.1 cm³/mol. The Bertz CT molecular complexity index is 278. The molecule has 1 saturated carbocycles. The number of nitrogens with zero attached hydrogens (tertiary/aromatic N) is 1. The van der Waals surface area contributed by atoms with Crippen LogP contribution in [0.4, 0.5) is 0 Å². The van der Waals surface area contributed by atoms with Crippen molar-refractivity contribution in [1.29, 1.82) is 0 Å². The molecule has 0 aromatic heterocycles. The Kier molecular flexibility index (Phi) is 5.04. The molecular formula is C15H28N2O. The van der Waals surface area contributed by atoms with Crippen LogP contribution in [0.1, 0.15) is 58.3 Å². The summed E-state index contributed by atoms with van der Waals surface area (Å²) in [5, 5.41) is 0. The average molecular weight is 252 g/mol. The highest BCUT2D eigenvalue weighted by Crippen LogP contribution is 2.36. The first-order valence-corrected chi connectivity index (χ1v) is 7.78. The van der Waals surface area contributed by atoms with Gasteiger partial charge in [-0.05, 0) is 38.0 Å². The molecule has 0 aromatic carbocycles. The molecule has 0 spiro atoms. The maximum absolute atomic E-state index is 12.6. The van der Waals surface area contributed by atoms with Gasteiger partial charge in [0.25, 0.3) is 0 Å². The Hall–Kier alpha value is -0.570. The highest BCUT2D eigenvalue weighted by Gasteiger charge is 2.37. The molecule has 18 heavy (non-hydrogen) atoms. The lowest BCUT2D eigenvalue weighted by Gasteiger charge is -2.45. The molecule has 2 fully saturated rings. The Morgan fingerprint density at radius 2 is 2.00 bits per heavy atom. The summed E-state index contributed by atoms with van der Waals surface area (Å²) in [5.41, 5.74) is 5.79. The van der Waals surface area contributed by atoms with Crippen LogP contribution in [0.5, 0.6) is 0 Å². The van der Waals surface area contributed by atoms with Gasteiger partial charge >= 0.3 is 0 Å². The van der Waals surface area contributed by atoms with Crippen molar-refractivity contribution >= 4 is 5.91 Å². The largest absolute Gasteiger partial charge is 0.339 e. The third-order valence-electron chi connectivity index (χ3n) is 4.80. The Labute approximate surface area is 111 Å². The second-order valence-corrected chi connectivity index (χ2v) is 6.01. The second kappa shape index (κ2) is 6.55. The second-order valence-electron chi connectivity index (χ2n) is 6.01. The van der Waals surface area contributed by atoms with Gasteiger partial charge in [-0.1, -0.05) is 26.2 Å². The summed E-state index contributed by atoms with van der Waals surface area (Å²) in [5.74, 6) is 1.18. The van der Waals surface area contributed by atoms with Crippen molar-refractivity contribution in [1.82, 2.24) is 4.90 Å². The molecule has 3 heteroatoms. The maximum Gasteiger partial charge on any atom is 0.227 e. The molecule has 1 amide bonds. The van der Waals surface area contributed by atoms with Gasteiger partial charge in [-0.25, -0.2) is 0 Å². The SMILES string of the molecule is CCCC(CN)C(=O)N1CCCC2CCCCC21. The van der Waals surface area contributed by atoms with E-state index >= 15 is 0 Å². The van der Waals surface area contributed by atoms with Crippen LogP contribution in [0, 0.1) is 11.8 Å². The van der Waals surface area contributed by atoms with Crippen molar-refractivity contribution < 1.29 is 4.79 Å². The normalized spacial score (nSPS) is 29.8. The van der Waals surface area contributed by atoms with Gasteiger partial charge in [-0.3, -0.25) is 4.79 Å². The van der Waals surface area contributed by atoms with Gasteiger partial charge in [0.1, 0.15) is 0 Å². The fourth-order valence-electron chi connectivity index (χ4n) is 3.82. The van der Waals surface area contributed by atoms with E-state index in [0.717, 1.165) is 25.3 Å². The van der Waals surface area contributed by atoms with Crippen molar-refractivity contribution in [2.75, 3.05) is 13.1 Å². The van der Waals surface area contributed by atoms with Crippen LogP contribution in [0.2, 0.25) is 0 Å². The van der Waals surface area contributed by atoms with Crippen LogP contribution < -0.4 is 5.73 Å². The lowest BCUT2D eigenvalue weighted by Crippen LogP contribution is -2.52. The number of piperidine rings is 1. The lowest BCUT2D eigenvalue weighted by molar-refractivity contribution is -0.142. The molecule has 104 valence electrons. The Balaban J connectivity index is 2.03. The minimum Gasteiger partial charge on any atom is -0.339 e. The highest BCUT2D eigenvalue weighted by atomic mass is 16.2. The van der Waals surface area contributed by atoms with E-state index < -0.39 is 0 Å². The molecular weight excluding hydrogens is 224 g/mol. The Morgan fingerprint density at radius 3 is 2.72 bits per heavy atom. The number of carbonyl (C=O) groups is 1. The van der Waals surface area contributed by atoms with E-state index in [9.17, 15) is 4.79 Å². The predicted octanol–water partition coefficient (Wildman–Crippen LogP) is 2.54. The molecule has 0 aromatic rings. The summed E-state index contributed by atoms with van der Waals surface area (Å²) < 4.78 is 0. The number of amides is 1. The van der Waals surface area contributed by atoms with Gasteiger partial charge in [0.05, 0.1) is 5.92 Å². The van der Waals surface area contributed by atoms with Crippen LogP contribution in [0.3, 0.4) is 0 Å². The van der Waals surface area contributed by atoms with Crippen LogP contribution in [-0.4, -0.2) is 29.9 Å². The van der Waals surface area contributed by atoms with Crippen molar-refractivity contribution in [2.24, 2.45) is 17.6 Å². The van der Waals surface area contributed by atoms with E-state index in [-0.39, 0.29) is 5.92 Å². The van der Waals surface area contributed by atoms with Gasteiger partial charge in [0, 0.05) is 19.1 Å². The number of likely N-dealkylation sites (tertiary alicyclic amines) is 1. The van der Waals surface area contributed by atoms with Crippen LogP contribution in [0.25, 0.3) is 0 Å².